The average Bonchev–Trinajstić information content (AvgIpc) is 3.09. The second-order valence-corrected chi connectivity index (χ2v) is 8.66. The Bertz CT molecular complexity index is 869. The highest BCUT2D eigenvalue weighted by molar-refractivity contribution is 8.00. The Hall–Kier alpha value is -1.82. The highest BCUT2D eigenvalue weighted by atomic mass is 32.2. The molecule has 3 rings (SSSR count). The van der Waals surface area contributed by atoms with Gasteiger partial charge in [0.2, 0.25) is 5.91 Å². The predicted octanol–water partition coefficient (Wildman–Crippen LogP) is 3.42. The van der Waals surface area contributed by atoms with Gasteiger partial charge in [0.15, 0.2) is 5.16 Å². The van der Waals surface area contributed by atoms with Crippen LogP contribution in [0.15, 0.2) is 28.2 Å². The summed E-state index contributed by atoms with van der Waals surface area (Å²) < 4.78 is 1.56. The van der Waals surface area contributed by atoms with Gasteiger partial charge in [0.05, 0.1) is 16.2 Å². The summed E-state index contributed by atoms with van der Waals surface area (Å²) in [5.41, 5.74) is 1.65. The van der Waals surface area contributed by atoms with E-state index in [1.54, 1.807) is 11.6 Å². The first-order valence-electron chi connectivity index (χ1n) is 9.31. The molecule has 0 bridgehead atoms. The van der Waals surface area contributed by atoms with E-state index in [0.717, 1.165) is 18.4 Å². The highest BCUT2D eigenvalue weighted by Gasteiger charge is 2.28. The number of hydrogen-bond donors (Lipinski definition) is 1. The molecule has 5 nitrogen and oxygen atoms in total. The molecule has 1 atom stereocenters. The number of nitrogens with one attached hydrogen (secondary N) is 1. The maximum Gasteiger partial charge on any atom is 0.261 e. The lowest BCUT2D eigenvalue weighted by Crippen LogP contribution is -2.41. The molecule has 1 aromatic heterocycles. The van der Waals surface area contributed by atoms with Crippen molar-refractivity contribution in [3.63, 3.8) is 0 Å². The van der Waals surface area contributed by atoms with Crippen molar-refractivity contribution < 1.29 is 4.79 Å². The fourth-order valence-electron chi connectivity index (χ4n) is 3.43. The largest absolute Gasteiger partial charge is 0.352 e. The molecular formula is C20H27N3O2S. The van der Waals surface area contributed by atoms with Crippen LogP contribution in [0.1, 0.15) is 45.1 Å². The topological polar surface area (TPSA) is 64.0 Å². The number of rotatable bonds is 5. The van der Waals surface area contributed by atoms with Crippen molar-refractivity contribution in [2.24, 2.45) is 13.0 Å². The number of carbonyl (C=O) groups is 1. The minimum Gasteiger partial charge on any atom is -0.352 e. The Labute approximate surface area is 158 Å². The number of fused-ring (bicyclic) bond motifs is 1. The van der Waals surface area contributed by atoms with Crippen LogP contribution < -0.4 is 10.9 Å². The summed E-state index contributed by atoms with van der Waals surface area (Å²) in [6.45, 7) is 6.03. The van der Waals surface area contributed by atoms with Gasteiger partial charge in [-0.1, -0.05) is 50.1 Å². The van der Waals surface area contributed by atoms with Crippen molar-refractivity contribution in [2.45, 2.75) is 62.9 Å². The van der Waals surface area contributed by atoms with Gasteiger partial charge < -0.3 is 5.32 Å². The van der Waals surface area contributed by atoms with Crippen LogP contribution in [0.2, 0.25) is 0 Å². The van der Waals surface area contributed by atoms with Crippen LogP contribution in [-0.4, -0.2) is 26.8 Å². The Morgan fingerprint density at radius 3 is 2.65 bits per heavy atom. The van der Waals surface area contributed by atoms with E-state index >= 15 is 0 Å². The molecule has 26 heavy (non-hydrogen) atoms. The number of hydrogen-bond acceptors (Lipinski definition) is 4. The zero-order chi connectivity index (χ0) is 18.8. The van der Waals surface area contributed by atoms with Gasteiger partial charge in [-0.25, -0.2) is 4.98 Å². The molecule has 1 aromatic carbocycles. The van der Waals surface area contributed by atoms with Crippen molar-refractivity contribution in [3.05, 3.63) is 34.1 Å². The standard InChI is InChI=1S/C20H27N3O2S/c1-12(2)17(18(24)21-14-7-5-6-8-14)26-20-22-16-10-9-13(3)11-15(16)19(25)23(20)4/h9-12,14,17H,5-8H2,1-4H3,(H,21,24). The predicted molar refractivity (Wildman–Crippen MR) is 107 cm³/mol. The van der Waals surface area contributed by atoms with Gasteiger partial charge in [0.1, 0.15) is 0 Å². The lowest BCUT2D eigenvalue weighted by molar-refractivity contribution is -0.121. The molecule has 6 heteroatoms. The number of carbonyl (C=O) groups excluding carboxylic acids is 1. The molecule has 0 spiro atoms. The Morgan fingerprint density at radius 1 is 1.31 bits per heavy atom. The molecule has 2 aromatic rings. The van der Waals surface area contributed by atoms with Gasteiger partial charge in [-0.05, 0) is 37.8 Å². The lowest BCUT2D eigenvalue weighted by atomic mass is 10.1. The first kappa shape index (κ1) is 19.0. The summed E-state index contributed by atoms with van der Waals surface area (Å²) in [6.07, 6.45) is 4.50. The van der Waals surface area contributed by atoms with Gasteiger partial charge in [0, 0.05) is 13.1 Å². The molecule has 1 aliphatic carbocycles. The first-order valence-corrected chi connectivity index (χ1v) is 10.2. The van der Waals surface area contributed by atoms with Gasteiger partial charge in [0.25, 0.3) is 5.56 Å². The normalized spacial score (nSPS) is 16.3. The fourth-order valence-corrected chi connectivity index (χ4v) is 4.50. The van der Waals surface area contributed by atoms with Crippen LogP contribution in [0.5, 0.6) is 0 Å². The van der Waals surface area contributed by atoms with E-state index in [0.29, 0.717) is 22.1 Å². The van der Waals surface area contributed by atoms with Crippen LogP contribution in [0.3, 0.4) is 0 Å². The summed E-state index contributed by atoms with van der Waals surface area (Å²) >= 11 is 1.39. The summed E-state index contributed by atoms with van der Waals surface area (Å²) in [4.78, 5) is 30.2. The fraction of sp³-hybridized carbons (Fsp3) is 0.550. The van der Waals surface area contributed by atoms with Gasteiger partial charge >= 0.3 is 0 Å². The number of amides is 1. The molecule has 1 fully saturated rings. The van der Waals surface area contributed by atoms with Crippen LogP contribution in [0.4, 0.5) is 0 Å². The number of aromatic nitrogens is 2. The van der Waals surface area contributed by atoms with Crippen molar-refractivity contribution in [1.29, 1.82) is 0 Å². The number of aryl methyl sites for hydroxylation is 1. The molecule has 1 unspecified atom stereocenters. The van der Waals surface area contributed by atoms with E-state index in [1.165, 1.54) is 24.6 Å². The molecule has 1 heterocycles. The third-order valence-electron chi connectivity index (χ3n) is 4.99. The third kappa shape index (κ3) is 3.95. The van der Waals surface area contributed by atoms with E-state index in [-0.39, 0.29) is 22.6 Å². The molecule has 0 aliphatic heterocycles. The average molecular weight is 374 g/mol. The van der Waals surface area contributed by atoms with Gasteiger partial charge in [-0.3, -0.25) is 14.2 Å². The monoisotopic (exact) mass is 373 g/mol. The van der Waals surface area contributed by atoms with Crippen molar-refractivity contribution in [1.82, 2.24) is 14.9 Å². The van der Waals surface area contributed by atoms with E-state index in [1.807, 2.05) is 39.0 Å². The maximum atomic E-state index is 12.8. The van der Waals surface area contributed by atoms with Crippen LogP contribution in [-0.2, 0) is 11.8 Å². The smallest absolute Gasteiger partial charge is 0.261 e. The van der Waals surface area contributed by atoms with E-state index in [9.17, 15) is 9.59 Å². The zero-order valence-corrected chi connectivity index (χ0v) is 16.7. The summed E-state index contributed by atoms with van der Waals surface area (Å²) in [5, 5.41) is 4.13. The van der Waals surface area contributed by atoms with Crippen LogP contribution >= 0.6 is 11.8 Å². The minimum atomic E-state index is -0.267. The van der Waals surface area contributed by atoms with Gasteiger partial charge in [-0.15, -0.1) is 0 Å². The van der Waals surface area contributed by atoms with E-state index in [2.05, 4.69) is 10.3 Å². The quantitative estimate of drug-likeness (QED) is 0.644. The molecule has 0 radical (unpaired) electrons. The summed E-state index contributed by atoms with van der Waals surface area (Å²) in [5.74, 6) is 0.196. The number of benzene rings is 1. The zero-order valence-electron chi connectivity index (χ0n) is 15.9. The number of thioether (sulfide) groups is 1. The van der Waals surface area contributed by atoms with Crippen LogP contribution in [0.25, 0.3) is 10.9 Å². The molecular weight excluding hydrogens is 346 g/mol. The molecule has 140 valence electrons. The minimum absolute atomic E-state index is 0.0511. The van der Waals surface area contributed by atoms with Crippen LogP contribution in [0, 0.1) is 12.8 Å². The van der Waals surface area contributed by atoms with E-state index in [4.69, 9.17) is 0 Å². The SMILES string of the molecule is Cc1ccc2nc(SC(C(=O)NC3CCCC3)C(C)C)n(C)c(=O)c2c1. The first-order chi connectivity index (χ1) is 12.4. The summed E-state index contributed by atoms with van der Waals surface area (Å²) in [6, 6.07) is 5.99. The second-order valence-electron chi connectivity index (χ2n) is 7.55. The van der Waals surface area contributed by atoms with E-state index < -0.39 is 0 Å². The summed E-state index contributed by atoms with van der Waals surface area (Å²) in [7, 11) is 1.73. The van der Waals surface area contributed by atoms with Crippen molar-refractivity contribution >= 4 is 28.6 Å². The Kier molecular flexibility index (Phi) is 5.70. The number of nitrogens with zero attached hydrogens (tertiary/aromatic N) is 2. The second kappa shape index (κ2) is 7.82. The molecule has 1 N–H and O–H groups in total. The maximum absolute atomic E-state index is 12.8. The van der Waals surface area contributed by atoms with Crippen molar-refractivity contribution in [3.8, 4) is 0 Å². The Balaban J connectivity index is 1.89. The molecule has 1 aliphatic rings. The lowest BCUT2D eigenvalue weighted by Gasteiger charge is -2.22. The highest BCUT2D eigenvalue weighted by Crippen LogP contribution is 2.28. The Morgan fingerprint density at radius 2 is 2.00 bits per heavy atom. The van der Waals surface area contributed by atoms with Crippen molar-refractivity contribution in [2.75, 3.05) is 0 Å². The van der Waals surface area contributed by atoms with Gasteiger partial charge in [-0.2, -0.15) is 0 Å². The molecule has 1 saturated carbocycles. The third-order valence-corrected chi connectivity index (χ3v) is 6.58. The molecule has 0 saturated heterocycles. The molecule has 1 amide bonds.